The van der Waals surface area contributed by atoms with Crippen molar-refractivity contribution in [3.63, 3.8) is 0 Å². The van der Waals surface area contributed by atoms with Crippen LogP contribution in [0, 0.1) is 13.8 Å². The maximum Gasteiger partial charge on any atom is 0.220 e. The summed E-state index contributed by atoms with van der Waals surface area (Å²) in [4.78, 5) is 11.8. The molecule has 0 radical (unpaired) electrons. The number of hydrogen-bond acceptors (Lipinski definition) is 3. The summed E-state index contributed by atoms with van der Waals surface area (Å²) in [5, 5.41) is 2.92. The number of amides is 1. The number of nitrogens with two attached hydrogens (primary N) is 1. The van der Waals surface area contributed by atoms with Crippen LogP contribution in [-0.2, 0) is 4.79 Å². The van der Waals surface area contributed by atoms with Gasteiger partial charge in [0.15, 0.2) is 0 Å². The van der Waals surface area contributed by atoms with Gasteiger partial charge in [0, 0.05) is 18.5 Å². The molecule has 124 valence electrons. The van der Waals surface area contributed by atoms with Gasteiger partial charge in [-0.1, -0.05) is 19.9 Å². The molecule has 0 spiro atoms. The Hall–Kier alpha value is -1.55. The molecule has 1 aromatic rings. The summed E-state index contributed by atoms with van der Waals surface area (Å²) in [5.41, 5.74) is 8.35. The number of carbonyl (C=O) groups is 1. The van der Waals surface area contributed by atoms with Crippen LogP contribution in [0.15, 0.2) is 18.2 Å². The van der Waals surface area contributed by atoms with E-state index in [9.17, 15) is 4.79 Å². The predicted octanol–water partition coefficient (Wildman–Crippen LogP) is 3.10. The van der Waals surface area contributed by atoms with Crippen molar-refractivity contribution >= 4 is 5.91 Å². The molecule has 0 atom stereocenters. The highest BCUT2D eigenvalue weighted by Gasteiger charge is 2.20. The molecule has 0 aliphatic carbocycles. The zero-order valence-corrected chi connectivity index (χ0v) is 14.4. The summed E-state index contributed by atoms with van der Waals surface area (Å²) in [6.45, 7) is 9.33. The Bertz CT molecular complexity index is 482. The zero-order chi connectivity index (χ0) is 16.6. The van der Waals surface area contributed by atoms with Crippen molar-refractivity contribution < 1.29 is 9.53 Å². The Morgan fingerprint density at radius 3 is 2.50 bits per heavy atom. The van der Waals surface area contributed by atoms with Crippen LogP contribution in [0.5, 0.6) is 5.75 Å². The lowest BCUT2D eigenvalue weighted by Gasteiger charge is -2.26. The van der Waals surface area contributed by atoms with Crippen LogP contribution in [0.4, 0.5) is 0 Å². The van der Waals surface area contributed by atoms with E-state index >= 15 is 0 Å². The fourth-order valence-corrected chi connectivity index (χ4v) is 2.09. The molecule has 0 saturated heterocycles. The molecule has 0 saturated carbocycles. The lowest BCUT2D eigenvalue weighted by molar-refractivity contribution is -0.121. The predicted molar refractivity (Wildman–Crippen MR) is 91.2 cm³/mol. The molecule has 1 amide bonds. The Balaban J connectivity index is 2.24. The first-order chi connectivity index (χ1) is 10.4. The minimum Gasteiger partial charge on any atom is -0.494 e. The number of rotatable bonds is 9. The standard InChI is InChI=1S/C18H30N2O2/c1-5-18(19,6-2)13-20-17(21)8-7-11-22-16-10-9-14(3)15(4)12-16/h9-10,12H,5-8,11,13,19H2,1-4H3,(H,20,21). The van der Waals surface area contributed by atoms with E-state index in [4.69, 9.17) is 10.5 Å². The van der Waals surface area contributed by atoms with Gasteiger partial charge in [0.1, 0.15) is 5.75 Å². The Morgan fingerprint density at radius 2 is 1.91 bits per heavy atom. The van der Waals surface area contributed by atoms with Gasteiger partial charge in [-0.2, -0.15) is 0 Å². The van der Waals surface area contributed by atoms with Gasteiger partial charge in [-0.3, -0.25) is 4.79 Å². The molecular weight excluding hydrogens is 276 g/mol. The molecule has 0 heterocycles. The van der Waals surface area contributed by atoms with Crippen LogP contribution in [0.1, 0.15) is 50.7 Å². The number of benzene rings is 1. The molecule has 0 fully saturated rings. The van der Waals surface area contributed by atoms with Gasteiger partial charge >= 0.3 is 0 Å². The number of nitrogens with one attached hydrogen (secondary N) is 1. The SMILES string of the molecule is CCC(N)(CC)CNC(=O)CCCOc1ccc(C)c(C)c1. The molecule has 0 aliphatic heterocycles. The van der Waals surface area contributed by atoms with Crippen LogP contribution in [0.2, 0.25) is 0 Å². The third-order valence-electron chi connectivity index (χ3n) is 4.34. The minimum atomic E-state index is -0.286. The molecule has 0 aliphatic rings. The first-order valence-corrected chi connectivity index (χ1v) is 8.16. The molecule has 4 heteroatoms. The van der Waals surface area contributed by atoms with E-state index < -0.39 is 0 Å². The van der Waals surface area contributed by atoms with E-state index in [0.29, 0.717) is 26.0 Å². The van der Waals surface area contributed by atoms with E-state index in [-0.39, 0.29) is 11.4 Å². The number of aryl methyl sites for hydroxylation is 2. The maximum atomic E-state index is 11.8. The smallest absolute Gasteiger partial charge is 0.220 e. The van der Waals surface area contributed by atoms with Gasteiger partial charge < -0.3 is 15.8 Å². The quantitative estimate of drug-likeness (QED) is 0.689. The van der Waals surface area contributed by atoms with Crippen LogP contribution in [-0.4, -0.2) is 24.6 Å². The lowest BCUT2D eigenvalue weighted by Crippen LogP contribution is -2.49. The van der Waals surface area contributed by atoms with Crippen molar-refractivity contribution in [1.29, 1.82) is 0 Å². The average Bonchev–Trinajstić information content (AvgIpc) is 2.52. The molecular formula is C18H30N2O2. The first kappa shape index (κ1) is 18.5. The van der Waals surface area contributed by atoms with Gasteiger partial charge in [-0.25, -0.2) is 0 Å². The van der Waals surface area contributed by atoms with E-state index in [2.05, 4.69) is 19.2 Å². The van der Waals surface area contributed by atoms with Gasteiger partial charge in [0.05, 0.1) is 6.61 Å². The van der Waals surface area contributed by atoms with Gasteiger partial charge in [0.2, 0.25) is 5.91 Å². The van der Waals surface area contributed by atoms with E-state index in [1.54, 1.807) is 0 Å². The number of ether oxygens (including phenoxy) is 1. The highest BCUT2D eigenvalue weighted by Crippen LogP contribution is 2.16. The number of carbonyl (C=O) groups excluding carboxylic acids is 1. The van der Waals surface area contributed by atoms with Crippen molar-refractivity contribution in [2.75, 3.05) is 13.2 Å². The second kappa shape index (κ2) is 8.79. The monoisotopic (exact) mass is 306 g/mol. The molecule has 22 heavy (non-hydrogen) atoms. The van der Waals surface area contributed by atoms with Crippen molar-refractivity contribution in [3.8, 4) is 5.75 Å². The molecule has 4 nitrogen and oxygen atoms in total. The summed E-state index contributed by atoms with van der Waals surface area (Å²) < 4.78 is 5.68. The van der Waals surface area contributed by atoms with Gasteiger partial charge in [-0.05, 0) is 56.4 Å². The highest BCUT2D eigenvalue weighted by molar-refractivity contribution is 5.75. The second-order valence-corrected chi connectivity index (χ2v) is 6.04. The molecule has 1 aromatic carbocycles. The average molecular weight is 306 g/mol. The first-order valence-electron chi connectivity index (χ1n) is 8.16. The molecule has 0 unspecified atom stereocenters. The molecule has 0 bridgehead atoms. The minimum absolute atomic E-state index is 0.0420. The molecule has 1 rings (SSSR count). The Labute approximate surface area is 134 Å². The maximum absolute atomic E-state index is 11.8. The Kier molecular flexibility index (Phi) is 7.39. The summed E-state index contributed by atoms with van der Waals surface area (Å²) in [6, 6.07) is 6.04. The highest BCUT2D eigenvalue weighted by atomic mass is 16.5. The second-order valence-electron chi connectivity index (χ2n) is 6.04. The fraction of sp³-hybridized carbons (Fsp3) is 0.611. The van der Waals surface area contributed by atoms with Gasteiger partial charge in [0.25, 0.3) is 0 Å². The van der Waals surface area contributed by atoms with E-state index in [1.165, 1.54) is 11.1 Å². The molecule has 0 aromatic heterocycles. The summed E-state index contributed by atoms with van der Waals surface area (Å²) >= 11 is 0. The topological polar surface area (TPSA) is 64.3 Å². The van der Waals surface area contributed by atoms with Crippen molar-refractivity contribution in [1.82, 2.24) is 5.32 Å². The third-order valence-corrected chi connectivity index (χ3v) is 4.34. The van der Waals surface area contributed by atoms with Crippen LogP contribution < -0.4 is 15.8 Å². The molecule has 3 N–H and O–H groups in total. The fourth-order valence-electron chi connectivity index (χ4n) is 2.09. The van der Waals surface area contributed by atoms with Crippen LogP contribution >= 0.6 is 0 Å². The summed E-state index contributed by atoms with van der Waals surface area (Å²) in [7, 11) is 0. The van der Waals surface area contributed by atoms with E-state index in [0.717, 1.165) is 18.6 Å². The van der Waals surface area contributed by atoms with Crippen molar-refractivity contribution in [2.24, 2.45) is 5.73 Å². The summed E-state index contributed by atoms with van der Waals surface area (Å²) in [5.74, 6) is 0.905. The van der Waals surface area contributed by atoms with E-state index in [1.807, 2.05) is 32.0 Å². The van der Waals surface area contributed by atoms with Crippen LogP contribution in [0.25, 0.3) is 0 Å². The third kappa shape index (κ3) is 6.06. The number of hydrogen-bond donors (Lipinski definition) is 2. The van der Waals surface area contributed by atoms with Crippen molar-refractivity contribution in [3.05, 3.63) is 29.3 Å². The van der Waals surface area contributed by atoms with Crippen molar-refractivity contribution in [2.45, 2.75) is 58.9 Å². The normalized spacial score (nSPS) is 11.3. The largest absolute Gasteiger partial charge is 0.494 e. The van der Waals surface area contributed by atoms with Gasteiger partial charge in [-0.15, -0.1) is 0 Å². The Morgan fingerprint density at radius 1 is 1.23 bits per heavy atom. The van der Waals surface area contributed by atoms with Crippen LogP contribution in [0.3, 0.4) is 0 Å². The summed E-state index contributed by atoms with van der Waals surface area (Å²) in [6.07, 6.45) is 2.89. The zero-order valence-electron chi connectivity index (χ0n) is 14.4. The lowest BCUT2D eigenvalue weighted by atomic mass is 9.94.